The summed E-state index contributed by atoms with van der Waals surface area (Å²) in [6, 6.07) is 4.35. The molecule has 1 atom stereocenters. The van der Waals surface area contributed by atoms with Gasteiger partial charge in [-0.2, -0.15) is 0 Å². The highest BCUT2D eigenvalue weighted by molar-refractivity contribution is 7.80. The Bertz CT molecular complexity index is 490. The van der Waals surface area contributed by atoms with Crippen molar-refractivity contribution in [2.24, 2.45) is 5.73 Å². The predicted molar refractivity (Wildman–Crippen MR) is 74.1 cm³/mol. The van der Waals surface area contributed by atoms with Gasteiger partial charge in [0.25, 0.3) is 5.91 Å². The number of hydrogen-bond donors (Lipinski definition) is 2. The molecule has 0 heterocycles. The van der Waals surface area contributed by atoms with Crippen LogP contribution in [0.25, 0.3) is 0 Å². The fraction of sp³-hybridized carbons (Fsp3) is 0.385. The van der Waals surface area contributed by atoms with Crippen molar-refractivity contribution in [3.63, 3.8) is 0 Å². The number of amides is 1. The normalized spacial score (nSPS) is 13.8. The third-order valence-corrected chi connectivity index (χ3v) is 3.52. The molecule has 98 valence electrons. The third-order valence-electron chi connectivity index (χ3n) is 3.07. The van der Waals surface area contributed by atoms with Crippen molar-refractivity contribution in [3.8, 4) is 0 Å². The fourth-order valence-electron chi connectivity index (χ4n) is 1.38. The van der Waals surface area contributed by atoms with Crippen LogP contribution in [-0.2, 0) is 0 Å². The number of carbonyl (C=O) groups is 1. The molecular formula is C13H17FN2OS. The lowest BCUT2D eigenvalue weighted by Gasteiger charge is -2.28. The van der Waals surface area contributed by atoms with Gasteiger partial charge < -0.3 is 11.1 Å². The zero-order valence-electron chi connectivity index (χ0n) is 10.7. The molecule has 0 aliphatic rings. The highest BCUT2D eigenvalue weighted by atomic mass is 32.1. The number of halogens is 1. The topological polar surface area (TPSA) is 55.1 Å². The van der Waals surface area contributed by atoms with Gasteiger partial charge in [-0.05, 0) is 38.0 Å². The van der Waals surface area contributed by atoms with E-state index in [1.54, 1.807) is 26.0 Å². The predicted octanol–water partition coefficient (Wildman–Crippen LogP) is 2.32. The molecule has 18 heavy (non-hydrogen) atoms. The van der Waals surface area contributed by atoms with E-state index in [0.717, 1.165) is 0 Å². The minimum absolute atomic E-state index is 0.214. The van der Waals surface area contributed by atoms with Crippen molar-refractivity contribution in [3.05, 3.63) is 35.1 Å². The summed E-state index contributed by atoms with van der Waals surface area (Å²) < 4.78 is 13.4. The van der Waals surface area contributed by atoms with E-state index in [1.807, 2.05) is 6.92 Å². The first-order chi connectivity index (χ1) is 8.30. The van der Waals surface area contributed by atoms with Gasteiger partial charge in [-0.15, -0.1) is 0 Å². The van der Waals surface area contributed by atoms with Crippen LogP contribution in [0.3, 0.4) is 0 Å². The summed E-state index contributed by atoms with van der Waals surface area (Å²) >= 11 is 4.93. The Kier molecular flexibility index (Phi) is 4.40. The maximum absolute atomic E-state index is 13.4. The molecule has 0 spiro atoms. The van der Waals surface area contributed by atoms with Crippen LogP contribution in [0.1, 0.15) is 36.2 Å². The number of hydrogen-bond acceptors (Lipinski definition) is 2. The van der Waals surface area contributed by atoms with Gasteiger partial charge in [0.2, 0.25) is 0 Å². The van der Waals surface area contributed by atoms with Crippen molar-refractivity contribution >= 4 is 23.1 Å². The maximum atomic E-state index is 13.4. The molecule has 0 radical (unpaired) electrons. The van der Waals surface area contributed by atoms with Crippen molar-refractivity contribution in [1.29, 1.82) is 0 Å². The second-order valence-corrected chi connectivity index (χ2v) is 4.91. The summed E-state index contributed by atoms with van der Waals surface area (Å²) in [5.41, 5.74) is 5.61. The Labute approximate surface area is 112 Å². The maximum Gasteiger partial charge on any atom is 0.252 e. The molecule has 0 aliphatic heterocycles. The molecule has 3 N–H and O–H groups in total. The number of thiocarbonyl (C=S) groups is 1. The Morgan fingerprint density at radius 2 is 2.17 bits per heavy atom. The number of nitrogens with one attached hydrogen (secondary N) is 1. The average molecular weight is 268 g/mol. The molecule has 1 rings (SSSR count). The first-order valence-electron chi connectivity index (χ1n) is 5.68. The molecule has 3 nitrogen and oxygen atoms in total. The minimum atomic E-state index is -0.756. The van der Waals surface area contributed by atoms with E-state index in [2.05, 4.69) is 5.32 Å². The molecule has 1 amide bonds. The number of benzene rings is 1. The molecule has 0 fully saturated rings. The van der Waals surface area contributed by atoms with Crippen molar-refractivity contribution < 1.29 is 9.18 Å². The van der Waals surface area contributed by atoms with Gasteiger partial charge in [-0.3, -0.25) is 4.79 Å². The van der Waals surface area contributed by atoms with E-state index in [4.69, 9.17) is 18.0 Å². The lowest BCUT2D eigenvalue weighted by atomic mass is 9.98. The van der Waals surface area contributed by atoms with Crippen LogP contribution in [0, 0.1) is 12.7 Å². The first kappa shape index (κ1) is 14.6. The van der Waals surface area contributed by atoms with Crippen molar-refractivity contribution in [2.45, 2.75) is 32.7 Å². The summed E-state index contributed by atoms with van der Waals surface area (Å²) in [5, 5.41) is 2.73. The molecule has 0 saturated carbocycles. The standard InChI is InChI=1S/C13H17FN2OS/c1-4-13(3,12(15)18)16-11(17)9-6-5-8(2)10(14)7-9/h5-7H,4H2,1-3H3,(H2,15,18)(H,16,17). The molecule has 1 unspecified atom stereocenters. The zero-order valence-corrected chi connectivity index (χ0v) is 11.5. The Hall–Kier alpha value is -1.49. The summed E-state index contributed by atoms with van der Waals surface area (Å²) in [5.74, 6) is -0.790. The van der Waals surface area contributed by atoms with Crippen LogP contribution >= 0.6 is 12.2 Å². The van der Waals surface area contributed by atoms with Crippen LogP contribution in [0.2, 0.25) is 0 Å². The van der Waals surface area contributed by atoms with Gasteiger partial charge >= 0.3 is 0 Å². The molecule has 0 bridgehead atoms. The molecule has 1 aromatic carbocycles. The van der Waals surface area contributed by atoms with Crippen LogP contribution < -0.4 is 11.1 Å². The van der Waals surface area contributed by atoms with Gasteiger partial charge in [-0.25, -0.2) is 4.39 Å². The van der Waals surface area contributed by atoms with Gasteiger partial charge in [0.15, 0.2) is 0 Å². The van der Waals surface area contributed by atoms with E-state index in [-0.39, 0.29) is 16.5 Å². The summed E-state index contributed by atoms with van der Waals surface area (Å²) in [7, 11) is 0. The fourth-order valence-corrected chi connectivity index (χ4v) is 1.58. The number of aryl methyl sites for hydroxylation is 1. The minimum Gasteiger partial charge on any atom is -0.391 e. The van der Waals surface area contributed by atoms with Crippen LogP contribution in [0.15, 0.2) is 18.2 Å². The second-order valence-electron chi connectivity index (χ2n) is 4.47. The summed E-state index contributed by atoms with van der Waals surface area (Å²) in [4.78, 5) is 12.2. The molecule has 0 aromatic heterocycles. The summed E-state index contributed by atoms with van der Waals surface area (Å²) in [6.45, 7) is 5.26. The number of rotatable bonds is 4. The van der Waals surface area contributed by atoms with Gasteiger partial charge in [0.05, 0.1) is 10.5 Å². The Morgan fingerprint density at radius 1 is 1.56 bits per heavy atom. The number of nitrogens with two attached hydrogens (primary N) is 1. The highest BCUT2D eigenvalue weighted by Gasteiger charge is 2.28. The van der Waals surface area contributed by atoms with Gasteiger partial charge in [0.1, 0.15) is 5.82 Å². The van der Waals surface area contributed by atoms with Crippen LogP contribution in [0.5, 0.6) is 0 Å². The molecule has 0 saturated heterocycles. The van der Waals surface area contributed by atoms with E-state index >= 15 is 0 Å². The zero-order chi connectivity index (χ0) is 13.9. The lowest BCUT2D eigenvalue weighted by Crippen LogP contribution is -2.54. The molecule has 1 aromatic rings. The van der Waals surface area contributed by atoms with Crippen LogP contribution in [0.4, 0.5) is 4.39 Å². The van der Waals surface area contributed by atoms with E-state index < -0.39 is 11.4 Å². The molecule has 5 heteroatoms. The Morgan fingerprint density at radius 3 is 2.61 bits per heavy atom. The monoisotopic (exact) mass is 268 g/mol. The quantitative estimate of drug-likeness (QED) is 0.824. The van der Waals surface area contributed by atoms with Gasteiger partial charge in [0, 0.05) is 5.56 Å². The Balaban J connectivity index is 2.95. The first-order valence-corrected chi connectivity index (χ1v) is 6.09. The largest absolute Gasteiger partial charge is 0.391 e. The van der Waals surface area contributed by atoms with E-state index in [0.29, 0.717) is 12.0 Å². The van der Waals surface area contributed by atoms with Crippen molar-refractivity contribution in [2.75, 3.05) is 0 Å². The van der Waals surface area contributed by atoms with E-state index in [9.17, 15) is 9.18 Å². The van der Waals surface area contributed by atoms with Crippen molar-refractivity contribution in [1.82, 2.24) is 5.32 Å². The SMILES string of the molecule is CCC(C)(NC(=O)c1ccc(C)c(F)c1)C(N)=S. The third kappa shape index (κ3) is 3.04. The summed E-state index contributed by atoms with van der Waals surface area (Å²) in [6.07, 6.45) is 0.572. The average Bonchev–Trinajstić information content (AvgIpc) is 2.32. The smallest absolute Gasteiger partial charge is 0.252 e. The second kappa shape index (κ2) is 5.44. The molecular weight excluding hydrogens is 251 g/mol. The molecule has 0 aliphatic carbocycles. The lowest BCUT2D eigenvalue weighted by molar-refractivity contribution is 0.0926. The van der Waals surface area contributed by atoms with E-state index in [1.165, 1.54) is 6.07 Å². The van der Waals surface area contributed by atoms with Crippen LogP contribution in [-0.4, -0.2) is 16.4 Å². The number of carbonyl (C=O) groups excluding carboxylic acids is 1. The van der Waals surface area contributed by atoms with Gasteiger partial charge in [-0.1, -0.05) is 25.2 Å². The highest BCUT2D eigenvalue weighted by Crippen LogP contribution is 2.13.